The average Bonchev–Trinajstić information content (AvgIpc) is 2.93. The van der Waals surface area contributed by atoms with E-state index in [9.17, 15) is 18.4 Å². The van der Waals surface area contributed by atoms with Gasteiger partial charge < -0.3 is 14.8 Å². The number of nitrogens with one attached hydrogen (secondary N) is 3. The molecule has 3 N–H and O–H groups in total. The third-order valence-electron chi connectivity index (χ3n) is 5.25. The second kappa shape index (κ2) is 14.1. The van der Waals surface area contributed by atoms with Gasteiger partial charge in [-0.25, -0.2) is 19.6 Å². The summed E-state index contributed by atoms with van der Waals surface area (Å²) in [5.41, 5.74) is 6.21. The summed E-state index contributed by atoms with van der Waals surface area (Å²) < 4.78 is 38.0. The molecular formula is C27H27F2N5O4. The minimum Gasteiger partial charge on any atom is -0.494 e. The third-order valence-corrected chi connectivity index (χ3v) is 5.25. The molecule has 38 heavy (non-hydrogen) atoms. The Kier molecular flexibility index (Phi) is 10.3. The molecule has 2 amide bonds. The van der Waals surface area contributed by atoms with Crippen LogP contribution in [0.4, 0.5) is 14.5 Å². The number of hydrogen-bond acceptors (Lipinski definition) is 7. The van der Waals surface area contributed by atoms with Crippen LogP contribution >= 0.6 is 0 Å². The molecule has 0 bridgehead atoms. The number of hydrazone groups is 2. The largest absolute Gasteiger partial charge is 0.494 e. The van der Waals surface area contributed by atoms with E-state index >= 15 is 0 Å². The minimum absolute atomic E-state index is 0.0821. The monoisotopic (exact) mass is 523 g/mol. The highest BCUT2D eigenvalue weighted by Crippen LogP contribution is 2.19. The number of amides is 2. The highest BCUT2D eigenvalue weighted by atomic mass is 19.1. The molecule has 0 aromatic heterocycles. The standard InChI is InChI=1S/C27H27F2N5O4/c1-37-22-8-3-6-19(25(22)28)16-31-33-24(35)10-5-15-30-21-13-11-18(12-14-21)27(36)34-32-17-20-7-4-9-23(38-2)26(20)29/h3-4,6-9,11-14,16-17,30H,5,10,15H2,1-2H3,(H,33,35)(H,34,36)/b31-16+,32-17+. The van der Waals surface area contributed by atoms with Crippen LogP contribution in [0.1, 0.15) is 34.3 Å². The molecule has 0 atom stereocenters. The van der Waals surface area contributed by atoms with E-state index in [0.29, 0.717) is 18.5 Å². The highest BCUT2D eigenvalue weighted by molar-refractivity contribution is 5.95. The van der Waals surface area contributed by atoms with Crippen LogP contribution in [0.5, 0.6) is 11.5 Å². The van der Waals surface area contributed by atoms with Gasteiger partial charge in [0.05, 0.1) is 26.6 Å². The zero-order valence-electron chi connectivity index (χ0n) is 20.8. The Bertz CT molecular complexity index is 1310. The topological polar surface area (TPSA) is 113 Å². The summed E-state index contributed by atoms with van der Waals surface area (Å²) in [5.74, 6) is -1.72. The van der Waals surface area contributed by atoms with Crippen LogP contribution in [0, 0.1) is 11.6 Å². The Hall–Kier alpha value is -4.80. The molecular weight excluding hydrogens is 496 g/mol. The van der Waals surface area contributed by atoms with Gasteiger partial charge in [0.25, 0.3) is 5.91 Å². The van der Waals surface area contributed by atoms with Gasteiger partial charge in [0.1, 0.15) is 0 Å². The van der Waals surface area contributed by atoms with Crippen molar-refractivity contribution in [3.05, 3.63) is 89.0 Å². The van der Waals surface area contributed by atoms with Crippen molar-refractivity contribution < 1.29 is 27.8 Å². The second-order valence-electron chi connectivity index (χ2n) is 7.83. The van der Waals surface area contributed by atoms with Gasteiger partial charge in [-0.05, 0) is 42.8 Å². The van der Waals surface area contributed by atoms with Crippen LogP contribution < -0.4 is 25.6 Å². The van der Waals surface area contributed by atoms with E-state index in [1.807, 2.05) is 0 Å². The van der Waals surface area contributed by atoms with Crippen LogP contribution in [0.3, 0.4) is 0 Å². The predicted molar refractivity (Wildman–Crippen MR) is 141 cm³/mol. The summed E-state index contributed by atoms with van der Waals surface area (Å²) in [4.78, 5) is 24.2. The van der Waals surface area contributed by atoms with E-state index in [2.05, 4.69) is 26.4 Å². The summed E-state index contributed by atoms with van der Waals surface area (Å²) in [5, 5.41) is 10.7. The molecule has 3 aromatic rings. The molecule has 3 rings (SSSR count). The molecule has 0 aliphatic carbocycles. The summed E-state index contributed by atoms with van der Waals surface area (Å²) in [6, 6.07) is 15.9. The Morgan fingerprint density at radius 3 is 1.92 bits per heavy atom. The van der Waals surface area contributed by atoms with Crippen molar-refractivity contribution in [1.82, 2.24) is 10.9 Å². The number of carbonyl (C=O) groups is 2. The molecule has 3 aromatic carbocycles. The zero-order valence-corrected chi connectivity index (χ0v) is 20.8. The van der Waals surface area contributed by atoms with Gasteiger partial charge in [0.2, 0.25) is 5.91 Å². The van der Waals surface area contributed by atoms with Gasteiger partial charge in [-0.1, -0.05) is 24.3 Å². The van der Waals surface area contributed by atoms with Crippen molar-refractivity contribution >= 4 is 29.9 Å². The fourth-order valence-corrected chi connectivity index (χ4v) is 3.25. The lowest BCUT2D eigenvalue weighted by molar-refractivity contribution is -0.121. The molecule has 0 aliphatic heterocycles. The number of nitrogens with zero attached hydrogens (tertiary/aromatic N) is 2. The maximum Gasteiger partial charge on any atom is 0.271 e. The first-order valence-electron chi connectivity index (χ1n) is 11.6. The zero-order chi connectivity index (χ0) is 27.3. The van der Waals surface area contributed by atoms with Gasteiger partial charge in [-0.2, -0.15) is 10.2 Å². The van der Waals surface area contributed by atoms with Crippen molar-refractivity contribution in [3.63, 3.8) is 0 Å². The lowest BCUT2D eigenvalue weighted by Crippen LogP contribution is -2.18. The van der Waals surface area contributed by atoms with Crippen molar-refractivity contribution in [2.75, 3.05) is 26.1 Å². The normalized spacial score (nSPS) is 10.9. The molecule has 198 valence electrons. The van der Waals surface area contributed by atoms with Crippen LogP contribution in [0.2, 0.25) is 0 Å². The Morgan fingerprint density at radius 1 is 0.816 bits per heavy atom. The molecule has 0 spiro atoms. The first-order chi connectivity index (χ1) is 18.4. The Balaban J connectivity index is 1.38. The van der Waals surface area contributed by atoms with Gasteiger partial charge in [0, 0.05) is 35.3 Å². The van der Waals surface area contributed by atoms with Gasteiger partial charge >= 0.3 is 0 Å². The number of carbonyl (C=O) groups excluding carboxylic acids is 2. The van der Waals surface area contributed by atoms with E-state index in [-0.39, 0.29) is 35.0 Å². The Morgan fingerprint density at radius 2 is 1.37 bits per heavy atom. The maximum absolute atomic E-state index is 14.1. The molecule has 11 heteroatoms. The smallest absolute Gasteiger partial charge is 0.271 e. The molecule has 0 radical (unpaired) electrons. The van der Waals surface area contributed by atoms with E-state index < -0.39 is 17.5 Å². The van der Waals surface area contributed by atoms with Crippen LogP contribution in [-0.4, -0.2) is 45.0 Å². The minimum atomic E-state index is -0.572. The van der Waals surface area contributed by atoms with E-state index in [0.717, 1.165) is 5.69 Å². The van der Waals surface area contributed by atoms with Gasteiger partial charge in [-0.15, -0.1) is 0 Å². The fraction of sp³-hybridized carbons (Fsp3) is 0.185. The SMILES string of the molecule is COc1cccc(/C=N/NC(=O)CCCNc2ccc(C(=O)N/N=C/c3cccc(OC)c3F)cc2)c1F. The highest BCUT2D eigenvalue weighted by Gasteiger charge is 2.08. The summed E-state index contributed by atoms with van der Waals surface area (Å²) in [6.07, 6.45) is 3.14. The van der Waals surface area contributed by atoms with Crippen molar-refractivity contribution in [1.29, 1.82) is 0 Å². The summed E-state index contributed by atoms with van der Waals surface area (Å²) in [7, 11) is 2.73. The van der Waals surface area contributed by atoms with Crippen molar-refractivity contribution in [2.45, 2.75) is 12.8 Å². The molecule has 0 saturated heterocycles. The van der Waals surface area contributed by atoms with E-state index in [1.165, 1.54) is 50.9 Å². The summed E-state index contributed by atoms with van der Waals surface area (Å²) >= 11 is 0. The first kappa shape index (κ1) is 27.8. The van der Waals surface area contributed by atoms with Crippen LogP contribution in [-0.2, 0) is 4.79 Å². The quantitative estimate of drug-likeness (QED) is 0.188. The Labute approximate surface area is 218 Å². The van der Waals surface area contributed by atoms with Crippen LogP contribution in [0.25, 0.3) is 0 Å². The second-order valence-corrected chi connectivity index (χ2v) is 7.83. The van der Waals surface area contributed by atoms with Crippen LogP contribution in [0.15, 0.2) is 70.9 Å². The first-order valence-corrected chi connectivity index (χ1v) is 11.6. The van der Waals surface area contributed by atoms with Crippen molar-refractivity contribution in [2.24, 2.45) is 10.2 Å². The number of hydrogen-bond donors (Lipinski definition) is 3. The maximum atomic E-state index is 14.1. The number of halogens is 2. The number of rotatable bonds is 12. The molecule has 0 fully saturated rings. The molecule has 0 unspecified atom stereocenters. The van der Waals surface area contributed by atoms with Crippen molar-refractivity contribution in [3.8, 4) is 11.5 Å². The number of methoxy groups -OCH3 is 2. The third kappa shape index (κ3) is 7.85. The van der Waals surface area contributed by atoms with Gasteiger partial charge in [0.15, 0.2) is 23.1 Å². The average molecular weight is 524 g/mol. The van der Waals surface area contributed by atoms with E-state index in [4.69, 9.17) is 9.47 Å². The molecule has 0 heterocycles. The van der Waals surface area contributed by atoms with Gasteiger partial charge in [-0.3, -0.25) is 9.59 Å². The predicted octanol–water partition coefficient (Wildman–Crippen LogP) is 4.09. The molecule has 0 aliphatic rings. The lowest BCUT2D eigenvalue weighted by Gasteiger charge is -2.07. The fourth-order valence-electron chi connectivity index (χ4n) is 3.25. The summed E-state index contributed by atoms with van der Waals surface area (Å²) in [6.45, 7) is 0.504. The number of ether oxygens (including phenoxy) is 2. The molecule has 9 nitrogen and oxygen atoms in total. The lowest BCUT2D eigenvalue weighted by atomic mass is 10.2. The molecule has 0 saturated carbocycles. The van der Waals surface area contributed by atoms with E-state index in [1.54, 1.807) is 36.4 Å². The number of anilines is 1. The number of benzene rings is 3.